The van der Waals surface area contributed by atoms with E-state index in [2.05, 4.69) is 0 Å². The van der Waals surface area contributed by atoms with Gasteiger partial charge in [0.2, 0.25) is 0 Å². The molecule has 3 aromatic carbocycles. The third-order valence-corrected chi connectivity index (χ3v) is 5.62. The summed E-state index contributed by atoms with van der Waals surface area (Å²) in [6.45, 7) is 3.90. The molecule has 1 aromatic heterocycles. The van der Waals surface area contributed by atoms with E-state index >= 15 is 0 Å². The van der Waals surface area contributed by atoms with Crippen LogP contribution in [0.2, 0.25) is 0 Å². The quantitative estimate of drug-likeness (QED) is 0.268. The maximum absolute atomic E-state index is 12.8. The summed E-state index contributed by atoms with van der Waals surface area (Å²) >= 11 is 1.35. The van der Waals surface area contributed by atoms with Crippen molar-refractivity contribution in [3.8, 4) is 22.6 Å². The topological polar surface area (TPSA) is 43.1 Å². The Kier molecular flexibility index (Phi) is 5.63. The smallest absolute Gasteiger partial charge is 0.257 e. The van der Waals surface area contributed by atoms with Crippen LogP contribution in [0.15, 0.2) is 94.6 Å². The number of thioether (sulfide) groups is 1. The first kappa shape index (κ1) is 19.2. The van der Waals surface area contributed by atoms with Crippen molar-refractivity contribution >= 4 is 17.5 Å². The van der Waals surface area contributed by atoms with Crippen LogP contribution in [0.3, 0.4) is 0 Å². The maximum atomic E-state index is 12.8. The molecule has 4 heteroatoms. The van der Waals surface area contributed by atoms with Crippen LogP contribution in [0, 0.1) is 6.92 Å². The minimum Gasteiger partial charge on any atom is -0.431 e. The van der Waals surface area contributed by atoms with E-state index in [4.69, 9.17) is 9.40 Å². The molecule has 29 heavy (non-hydrogen) atoms. The fraction of sp³-hybridized carbons (Fsp3) is 0.120. The standard InChI is InChI=1S/C25H21NO2S/c1-17-13-15-20(16-14-17)23(27)18(2)29-25-26-22(19-9-5-3-6-10-19)24(28-25)21-11-7-4-8-12-21/h3-16,18H,1-2H3/t18-/m0/s1. The van der Waals surface area contributed by atoms with E-state index < -0.39 is 0 Å². The van der Waals surface area contributed by atoms with Crippen LogP contribution in [0.5, 0.6) is 0 Å². The first-order chi connectivity index (χ1) is 14.1. The Hall–Kier alpha value is -3.11. The molecule has 0 aliphatic rings. The molecular weight excluding hydrogens is 378 g/mol. The van der Waals surface area contributed by atoms with Gasteiger partial charge in [-0.25, -0.2) is 4.98 Å². The van der Waals surface area contributed by atoms with Gasteiger partial charge in [0.1, 0.15) is 5.69 Å². The van der Waals surface area contributed by atoms with Crippen LogP contribution < -0.4 is 0 Å². The average molecular weight is 400 g/mol. The summed E-state index contributed by atoms with van der Waals surface area (Å²) in [5.74, 6) is 0.782. The molecule has 4 rings (SSSR count). The summed E-state index contributed by atoms with van der Waals surface area (Å²) in [7, 11) is 0. The van der Waals surface area contributed by atoms with Crippen molar-refractivity contribution < 1.29 is 9.21 Å². The molecule has 0 saturated carbocycles. The van der Waals surface area contributed by atoms with Crippen molar-refractivity contribution in [2.24, 2.45) is 0 Å². The van der Waals surface area contributed by atoms with Crippen molar-refractivity contribution in [1.29, 1.82) is 0 Å². The van der Waals surface area contributed by atoms with Crippen LogP contribution in [-0.2, 0) is 0 Å². The van der Waals surface area contributed by atoms with Crippen molar-refractivity contribution in [1.82, 2.24) is 4.98 Å². The lowest BCUT2D eigenvalue weighted by atomic mass is 10.1. The lowest BCUT2D eigenvalue weighted by molar-refractivity contribution is 0.0993. The largest absolute Gasteiger partial charge is 0.431 e. The second-order valence-corrected chi connectivity index (χ2v) is 8.17. The van der Waals surface area contributed by atoms with Gasteiger partial charge in [-0.1, -0.05) is 102 Å². The second-order valence-electron chi connectivity index (χ2n) is 6.88. The summed E-state index contributed by atoms with van der Waals surface area (Å²) in [6, 6.07) is 27.5. The molecular formula is C25H21NO2S. The van der Waals surface area contributed by atoms with E-state index in [9.17, 15) is 4.79 Å². The third-order valence-electron chi connectivity index (χ3n) is 4.67. The summed E-state index contributed by atoms with van der Waals surface area (Å²) in [4.78, 5) is 17.5. The Morgan fingerprint density at radius 2 is 1.45 bits per heavy atom. The minimum absolute atomic E-state index is 0.0655. The zero-order valence-electron chi connectivity index (χ0n) is 16.3. The number of ketones is 1. The van der Waals surface area contributed by atoms with E-state index in [0.29, 0.717) is 16.5 Å². The molecule has 0 bridgehead atoms. The highest BCUT2D eigenvalue weighted by Gasteiger charge is 2.22. The van der Waals surface area contributed by atoms with E-state index in [-0.39, 0.29) is 11.0 Å². The zero-order chi connectivity index (χ0) is 20.2. The fourth-order valence-corrected chi connectivity index (χ4v) is 3.91. The van der Waals surface area contributed by atoms with Crippen LogP contribution in [-0.4, -0.2) is 16.0 Å². The van der Waals surface area contributed by atoms with Crippen molar-refractivity contribution in [3.05, 3.63) is 96.1 Å². The Morgan fingerprint density at radius 3 is 2.07 bits per heavy atom. The van der Waals surface area contributed by atoms with Gasteiger partial charge in [0.05, 0.1) is 5.25 Å². The van der Waals surface area contributed by atoms with E-state index in [1.54, 1.807) is 0 Å². The van der Waals surface area contributed by atoms with Crippen LogP contribution in [0.1, 0.15) is 22.8 Å². The van der Waals surface area contributed by atoms with Crippen LogP contribution in [0.25, 0.3) is 22.6 Å². The van der Waals surface area contributed by atoms with Crippen molar-refractivity contribution in [3.63, 3.8) is 0 Å². The van der Waals surface area contributed by atoms with Crippen molar-refractivity contribution in [2.75, 3.05) is 0 Å². The molecule has 0 N–H and O–H groups in total. The molecule has 144 valence electrons. The number of aromatic nitrogens is 1. The highest BCUT2D eigenvalue weighted by Crippen LogP contribution is 2.37. The fourth-order valence-electron chi connectivity index (χ4n) is 3.09. The molecule has 1 atom stereocenters. The van der Waals surface area contributed by atoms with Gasteiger partial charge < -0.3 is 4.42 Å². The molecule has 0 amide bonds. The molecule has 1 heterocycles. The van der Waals surface area contributed by atoms with Crippen LogP contribution in [0.4, 0.5) is 0 Å². The number of oxazole rings is 1. The Morgan fingerprint density at radius 1 is 0.862 bits per heavy atom. The summed E-state index contributed by atoms with van der Waals surface area (Å²) in [5, 5.41) is 0.194. The predicted molar refractivity (Wildman–Crippen MR) is 118 cm³/mol. The maximum Gasteiger partial charge on any atom is 0.257 e. The van der Waals surface area contributed by atoms with E-state index in [0.717, 1.165) is 22.4 Å². The average Bonchev–Trinajstić information content (AvgIpc) is 3.19. The number of hydrogen-bond acceptors (Lipinski definition) is 4. The number of carbonyl (C=O) groups is 1. The Balaban J connectivity index is 1.65. The monoisotopic (exact) mass is 399 g/mol. The number of rotatable bonds is 6. The van der Waals surface area contributed by atoms with Gasteiger partial charge in [-0.3, -0.25) is 4.79 Å². The van der Waals surface area contributed by atoms with Gasteiger partial charge >= 0.3 is 0 Å². The molecule has 0 fully saturated rings. The zero-order valence-corrected chi connectivity index (χ0v) is 17.1. The molecule has 3 nitrogen and oxygen atoms in total. The Labute approximate surface area is 174 Å². The minimum atomic E-state index is -0.302. The van der Waals surface area contributed by atoms with Gasteiger partial charge in [-0.05, 0) is 13.8 Å². The number of carbonyl (C=O) groups excluding carboxylic acids is 1. The third kappa shape index (κ3) is 4.33. The summed E-state index contributed by atoms with van der Waals surface area (Å²) in [5.41, 5.74) is 4.57. The highest BCUT2D eigenvalue weighted by atomic mass is 32.2. The number of nitrogens with zero attached hydrogens (tertiary/aromatic N) is 1. The predicted octanol–water partition coefficient (Wildman–Crippen LogP) is 6.68. The second kappa shape index (κ2) is 8.50. The molecule has 0 unspecified atom stereocenters. The lowest BCUT2D eigenvalue weighted by Crippen LogP contribution is -2.13. The lowest BCUT2D eigenvalue weighted by Gasteiger charge is -2.07. The van der Waals surface area contributed by atoms with E-state index in [1.807, 2.05) is 98.8 Å². The summed E-state index contributed by atoms with van der Waals surface area (Å²) in [6.07, 6.45) is 0. The Bertz CT molecular complexity index is 1050. The van der Waals surface area contributed by atoms with Gasteiger partial charge in [-0.2, -0.15) is 0 Å². The molecule has 0 radical (unpaired) electrons. The van der Waals surface area contributed by atoms with Gasteiger partial charge in [-0.15, -0.1) is 0 Å². The first-order valence-corrected chi connectivity index (χ1v) is 10.4. The SMILES string of the molecule is Cc1ccc(C(=O)[C@H](C)Sc2nc(-c3ccccc3)c(-c3ccccc3)o2)cc1. The number of Topliss-reactive ketones (excluding diaryl/α,β-unsaturated/α-hetero) is 1. The first-order valence-electron chi connectivity index (χ1n) is 9.51. The molecule has 0 spiro atoms. The van der Waals surface area contributed by atoms with Crippen LogP contribution >= 0.6 is 11.8 Å². The number of hydrogen-bond donors (Lipinski definition) is 0. The highest BCUT2D eigenvalue weighted by molar-refractivity contribution is 8.00. The van der Waals surface area contributed by atoms with E-state index in [1.165, 1.54) is 11.8 Å². The van der Waals surface area contributed by atoms with Gasteiger partial charge in [0.15, 0.2) is 11.5 Å². The van der Waals surface area contributed by atoms with Gasteiger partial charge in [0, 0.05) is 16.7 Å². The van der Waals surface area contributed by atoms with Gasteiger partial charge in [0.25, 0.3) is 5.22 Å². The summed E-state index contributed by atoms with van der Waals surface area (Å²) < 4.78 is 6.13. The molecule has 0 aliphatic heterocycles. The number of aryl methyl sites for hydroxylation is 1. The molecule has 4 aromatic rings. The normalized spacial score (nSPS) is 11.9. The molecule has 0 aliphatic carbocycles. The number of benzene rings is 3. The van der Waals surface area contributed by atoms with Crippen molar-refractivity contribution in [2.45, 2.75) is 24.3 Å². The molecule has 0 saturated heterocycles.